The van der Waals surface area contributed by atoms with Crippen LogP contribution in [0.2, 0.25) is 18.1 Å². The summed E-state index contributed by atoms with van der Waals surface area (Å²) >= 11 is 0. The number of amides is 1. The quantitative estimate of drug-likeness (QED) is 0.305. The molecule has 234 valence electrons. The normalized spacial score (nSPS) is 19.7. The number of aromatic nitrogens is 4. The Morgan fingerprint density at radius 1 is 1.23 bits per heavy atom. The molecule has 10 nitrogen and oxygen atoms in total. The maximum atomic E-state index is 13.6. The van der Waals surface area contributed by atoms with Crippen LogP contribution in [0, 0.1) is 11.3 Å². The summed E-state index contributed by atoms with van der Waals surface area (Å²) in [7, 11) is -0.320. The Kier molecular flexibility index (Phi) is 8.05. The number of carbonyl (C=O) groups is 1. The van der Waals surface area contributed by atoms with Crippen molar-refractivity contribution >= 4 is 31.7 Å². The molecule has 5 rings (SSSR count). The van der Waals surface area contributed by atoms with Gasteiger partial charge in [0.1, 0.15) is 11.9 Å². The topological polar surface area (TPSA) is 121 Å². The lowest BCUT2D eigenvalue weighted by Crippen LogP contribution is -2.45. The number of likely N-dealkylation sites (tertiary alicyclic amines) is 1. The van der Waals surface area contributed by atoms with Crippen molar-refractivity contribution in [2.24, 2.45) is 7.05 Å². The number of benzene rings is 1. The van der Waals surface area contributed by atoms with E-state index in [0.29, 0.717) is 30.2 Å². The number of carbonyl (C=O) groups excluding carboxylic acids is 1. The van der Waals surface area contributed by atoms with Gasteiger partial charge in [-0.15, -0.1) is 0 Å². The summed E-state index contributed by atoms with van der Waals surface area (Å²) in [5, 5.41) is 21.0. The number of alkyl halides is 2. The molecule has 0 spiro atoms. The zero-order valence-corrected chi connectivity index (χ0v) is 27.4. The first-order chi connectivity index (χ1) is 20.5. The van der Waals surface area contributed by atoms with Crippen LogP contribution in [0.5, 0.6) is 0 Å². The van der Waals surface area contributed by atoms with Gasteiger partial charge in [0.05, 0.1) is 16.9 Å². The molecule has 2 aliphatic rings. The van der Waals surface area contributed by atoms with Crippen molar-refractivity contribution < 1.29 is 18.0 Å². The molecule has 3 aromatic rings. The summed E-state index contributed by atoms with van der Waals surface area (Å²) in [6, 6.07) is 9.57. The van der Waals surface area contributed by atoms with E-state index in [1.165, 1.54) is 9.58 Å². The smallest absolute Gasteiger partial charge is 0.274 e. The third-order valence-electron chi connectivity index (χ3n) is 9.19. The number of nitrogens with one attached hydrogen (secondary N) is 2. The Morgan fingerprint density at radius 3 is 2.59 bits per heavy atom. The van der Waals surface area contributed by atoms with Crippen molar-refractivity contribution in [2.75, 3.05) is 36.9 Å². The number of nitrogens with zero attached hydrogens (tertiary/aromatic N) is 6. The molecule has 2 aromatic heterocycles. The summed E-state index contributed by atoms with van der Waals surface area (Å²) in [5.74, 6) is -2.38. The summed E-state index contributed by atoms with van der Waals surface area (Å²) in [4.78, 5) is 23.4. The highest BCUT2D eigenvalue weighted by atomic mass is 28.4. The van der Waals surface area contributed by atoms with E-state index in [1.54, 1.807) is 25.4 Å². The molecule has 2 aliphatic heterocycles. The van der Waals surface area contributed by atoms with Crippen molar-refractivity contribution in [3.63, 3.8) is 0 Å². The van der Waals surface area contributed by atoms with Gasteiger partial charge < -0.3 is 20.0 Å². The summed E-state index contributed by atoms with van der Waals surface area (Å²) in [6.45, 7) is 14.5. The monoisotopic (exact) mass is 622 g/mol. The number of anilines is 3. The minimum Gasteiger partial charge on any atom is -0.416 e. The first-order valence-corrected chi connectivity index (χ1v) is 17.7. The predicted octanol–water partition coefficient (Wildman–Crippen LogP) is 6.07. The van der Waals surface area contributed by atoms with E-state index in [9.17, 15) is 18.8 Å². The molecule has 0 bridgehead atoms. The van der Waals surface area contributed by atoms with Crippen molar-refractivity contribution in [1.29, 1.82) is 5.26 Å². The van der Waals surface area contributed by atoms with E-state index in [-0.39, 0.29) is 48.0 Å². The van der Waals surface area contributed by atoms with E-state index >= 15 is 0 Å². The second kappa shape index (κ2) is 11.2. The van der Waals surface area contributed by atoms with Crippen molar-refractivity contribution in [2.45, 2.75) is 70.0 Å². The van der Waals surface area contributed by atoms with Crippen LogP contribution in [-0.2, 0) is 16.9 Å². The average molecular weight is 623 g/mol. The molecule has 0 radical (unpaired) electrons. The molecule has 44 heavy (non-hydrogen) atoms. The highest BCUT2D eigenvalue weighted by Crippen LogP contribution is 2.44. The third-order valence-corrected chi connectivity index (χ3v) is 13.7. The Morgan fingerprint density at radius 2 is 1.93 bits per heavy atom. The summed E-state index contributed by atoms with van der Waals surface area (Å²) in [6.07, 6.45) is 0.914. The molecule has 0 aliphatic carbocycles. The van der Waals surface area contributed by atoms with Crippen LogP contribution < -0.4 is 10.6 Å². The predicted molar refractivity (Wildman–Crippen MR) is 168 cm³/mol. The number of piperidine rings is 1. The molecule has 4 heterocycles. The number of hydrogen-bond donors (Lipinski definition) is 2. The molecule has 13 heteroatoms. The summed E-state index contributed by atoms with van der Waals surface area (Å²) < 4.78 is 35.3. The Bertz CT molecular complexity index is 1620. The number of rotatable bonds is 7. The molecular weight excluding hydrogens is 582 g/mol. The summed E-state index contributed by atoms with van der Waals surface area (Å²) in [5.41, 5.74) is 3.60. The number of nitriles is 1. The molecule has 1 saturated heterocycles. The van der Waals surface area contributed by atoms with E-state index in [4.69, 9.17) is 9.41 Å². The molecule has 1 atom stereocenters. The SMILES string of the molecule is Cn1nc(C(=O)N2CCC(F)(F)CC2)cc1Nc1nccc(-c2cc(C#N)c3c(c2)C(C)(CO[Si](C)(C)C(C)(C)C)CN3)n1. The fraction of sp³-hybridized carbons (Fsp3) is 0.516. The van der Waals surface area contributed by atoms with E-state index in [2.05, 4.69) is 73.6 Å². The third kappa shape index (κ3) is 6.18. The van der Waals surface area contributed by atoms with E-state index in [0.717, 1.165) is 16.8 Å². The maximum Gasteiger partial charge on any atom is 0.274 e. The fourth-order valence-electron chi connectivity index (χ4n) is 5.19. The van der Waals surface area contributed by atoms with Crippen LogP contribution in [0.3, 0.4) is 0 Å². The Labute approximate surface area is 258 Å². The zero-order chi connectivity index (χ0) is 32.1. The lowest BCUT2D eigenvalue weighted by molar-refractivity contribution is -0.0495. The molecule has 1 amide bonds. The first-order valence-electron chi connectivity index (χ1n) is 14.8. The molecule has 0 saturated carbocycles. The van der Waals surface area contributed by atoms with Gasteiger partial charge in [0, 0.05) is 69.4 Å². The fourth-order valence-corrected chi connectivity index (χ4v) is 6.30. The van der Waals surface area contributed by atoms with Crippen LogP contribution in [0.15, 0.2) is 30.5 Å². The van der Waals surface area contributed by atoms with Crippen LogP contribution in [0.1, 0.15) is 62.2 Å². The molecule has 1 aromatic carbocycles. The van der Waals surface area contributed by atoms with Crippen molar-refractivity contribution in [1.82, 2.24) is 24.6 Å². The maximum absolute atomic E-state index is 13.6. The second-order valence-corrected chi connectivity index (χ2v) is 18.4. The van der Waals surface area contributed by atoms with Gasteiger partial charge in [-0.1, -0.05) is 27.7 Å². The van der Waals surface area contributed by atoms with Gasteiger partial charge in [0.2, 0.25) is 5.95 Å². The number of aryl methyl sites for hydroxylation is 1. The minimum absolute atomic E-state index is 0.0151. The van der Waals surface area contributed by atoms with Crippen LogP contribution in [0.25, 0.3) is 11.3 Å². The van der Waals surface area contributed by atoms with Gasteiger partial charge in [-0.2, -0.15) is 10.4 Å². The average Bonchev–Trinajstić information content (AvgIpc) is 3.50. The lowest BCUT2D eigenvalue weighted by atomic mass is 9.83. The first kappa shape index (κ1) is 31.5. The second-order valence-electron chi connectivity index (χ2n) is 13.6. The van der Waals surface area contributed by atoms with Gasteiger partial charge in [-0.25, -0.2) is 18.7 Å². The van der Waals surface area contributed by atoms with Gasteiger partial charge >= 0.3 is 0 Å². The van der Waals surface area contributed by atoms with Gasteiger partial charge in [-0.05, 0) is 41.9 Å². The van der Waals surface area contributed by atoms with Crippen molar-refractivity contribution in [3.8, 4) is 17.3 Å². The number of fused-ring (bicyclic) bond motifs is 1. The minimum atomic E-state index is -2.74. The molecular formula is C31H40F2N8O2Si. The van der Waals surface area contributed by atoms with Crippen LogP contribution in [-0.4, -0.2) is 71.0 Å². The van der Waals surface area contributed by atoms with Crippen molar-refractivity contribution in [3.05, 3.63) is 47.3 Å². The highest BCUT2D eigenvalue weighted by Gasteiger charge is 2.42. The number of halogens is 2. The molecule has 1 unspecified atom stereocenters. The molecule has 2 N–H and O–H groups in total. The largest absolute Gasteiger partial charge is 0.416 e. The Balaban J connectivity index is 1.38. The standard InChI is InChI=1S/C31H40F2N8O2Si/c1-29(2,3)44(6,7)43-19-30(4)18-36-26-21(17-34)14-20(15-22(26)30)23-8-11-35-28(37-23)38-25-16-24(39-40(25)5)27(42)41-12-9-31(32,33)10-13-41/h8,11,14-16,36H,9-10,12-13,18-19H2,1-7H3,(H,35,37,38). The Hall–Kier alpha value is -3.89. The van der Waals surface area contributed by atoms with Gasteiger partial charge in [0.25, 0.3) is 11.8 Å². The zero-order valence-electron chi connectivity index (χ0n) is 26.4. The van der Waals surface area contributed by atoms with Gasteiger partial charge in [-0.3, -0.25) is 9.48 Å². The van der Waals surface area contributed by atoms with Crippen LogP contribution >= 0.6 is 0 Å². The van der Waals surface area contributed by atoms with Gasteiger partial charge in [0.15, 0.2) is 14.0 Å². The molecule has 1 fully saturated rings. The number of hydrogen-bond acceptors (Lipinski definition) is 8. The van der Waals surface area contributed by atoms with Crippen LogP contribution in [0.4, 0.5) is 26.2 Å². The van der Waals surface area contributed by atoms with E-state index in [1.807, 2.05) is 6.07 Å². The lowest BCUT2D eigenvalue weighted by Gasteiger charge is -2.39. The highest BCUT2D eigenvalue weighted by molar-refractivity contribution is 6.74. The van der Waals surface area contributed by atoms with E-state index < -0.39 is 20.1 Å².